The van der Waals surface area contributed by atoms with Crippen LogP contribution in [0.2, 0.25) is 0 Å². The molecule has 0 N–H and O–H groups in total. The molecule has 1 fully saturated rings. The van der Waals surface area contributed by atoms with E-state index in [1.54, 1.807) is 19.4 Å². The molecule has 23 heavy (non-hydrogen) atoms. The number of rotatable bonds is 3. The summed E-state index contributed by atoms with van der Waals surface area (Å²) in [6, 6.07) is 7.59. The summed E-state index contributed by atoms with van der Waals surface area (Å²) in [5.74, 6) is 2.72. The van der Waals surface area contributed by atoms with Gasteiger partial charge in [0.15, 0.2) is 5.82 Å². The summed E-state index contributed by atoms with van der Waals surface area (Å²) >= 11 is 0. The molecule has 1 saturated heterocycles. The summed E-state index contributed by atoms with van der Waals surface area (Å²) in [7, 11) is 0. The molecule has 0 bridgehead atoms. The fourth-order valence-electron chi connectivity index (χ4n) is 2.71. The summed E-state index contributed by atoms with van der Waals surface area (Å²) in [6.07, 6.45) is 3.31. The second kappa shape index (κ2) is 5.85. The first-order valence-electron chi connectivity index (χ1n) is 7.47. The third kappa shape index (κ3) is 2.70. The zero-order valence-electron chi connectivity index (χ0n) is 12.7. The van der Waals surface area contributed by atoms with E-state index in [0.29, 0.717) is 24.9 Å². The summed E-state index contributed by atoms with van der Waals surface area (Å²) in [5.41, 5.74) is 0.827. The number of morpholine rings is 1. The minimum atomic E-state index is -0.113. The molecule has 1 atom stereocenters. The predicted octanol–water partition coefficient (Wildman–Crippen LogP) is 2.61. The van der Waals surface area contributed by atoms with E-state index in [4.69, 9.17) is 13.7 Å². The molecule has 118 valence electrons. The lowest BCUT2D eigenvalue weighted by atomic mass is 10.2. The maximum Gasteiger partial charge on any atom is 0.261 e. The Hall–Kier alpha value is -2.67. The number of furan rings is 1. The van der Waals surface area contributed by atoms with Gasteiger partial charge in [-0.3, -0.25) is 0 Å². The third-order valence-electron chi connectivity index (χ3n) is 3.77. The van der Waals surface area contributed by atoms with Crippen molar-refractivity contribution in [3.63, 3.8) is 0 Å². The van der Waals surface area contributed by atoms with Crippen molar-refractivity contribution >= 4 is 5.82 Å². The summed E-state index contributed by atoms with van der Waals surface area (Å²) < 4.78 is 16.6. The van der Waals surface area contributed by atoms with Gasteiger partial charge in [-0.15, -0.1) is 0 Å². The van der Waals surface area contributed by atoms with E-state index in [1.165, 1.54) is 0 Å². The van der Waals surface area contributed by atoms with Crippen LogP contribution in [0.5, 0.6) is 0 Å². The Labute approximate surface area is 132 Å². The highest BCUT2D eigenvalue weighted by atomic mass is 16.5. The van der Waals surface area contributed by atoms with Crippen LogP contribution in [-0.4, -0.2) is 34.8 Å². The molecule has 1 unspecified atom stereocenters. The van der Waals surface area contributed by atoms with Gasteiger partial charge in [0, 0.05) is 12.7 Å². The summed E-state index contributed by atoms with van der Waals surface area (Å²) in [4.78, 5) is 11.0. The quantitative estimate of drug-likeness (QED) is 0.735. The molecule has 1 aliphatic heterocycles. The number of aromatic nitrogens is 3. The van der Waals surface area contributed by atoms with Crippen molar-refractivity contribution in [2.24, 2.45) is 0 Å². The Bertz CT molecular complexity index is 784. The van der Waals surface area contributed by atoms with E-state index in [1.807, 2.05) is 24.3 Å². The first-order chi connectivity index (χ1) is 11.3. The van der Waals surface area contributed by atoms with Crippen molar-refractivity contribution in [3.8, 4) is 11.5 Å². The van der Waals surface area contributed by atoms with Crippen LogP contribution in [0.3, 0.4) is 0 Å². The fourth-order valence-corrected chi connectivity index (χ4v) is 2.71. The van der Waals surface area contributed by atoms with Crippen molar-refractivity contribution in [1.29, 1.82) is 0 Å². The van der Waals surface area contributed by atoms with Crippen LogP contribution in [0.15, 0.2) is 45.7 Å². The Balaban J connectivity index is 1.65. The molecule has 7 nitrogen and oxygen atoms in total. The molecular formula is C16H16N4O3. The average molecular weight is 312 g/mol. The van der Waals surface area contributed by atoms with Crippen LogP contribution in [0.1, 0.15) is 17.7 Å². The van der Waals surface area contributed by atoms with Crippen LogP contribution < -0.4 is 4.90 Å². The second-order valence-corrected chi connectivity index (χ2v) is 5.34. The van der Waals surface area contributed by atoms with Crippen molar-refractivity contribution in [2.75, 3.05) is 24.6 Å². The lowest BCUT2D eigenvalue weighted by molar-refractivity contribution is 0.0255. The van der Waals surface area contributed by atoms with Crippen LogP contribution in [0.4, 0.5) is 5.82 Å². The molecule has 3 aromatic heterocycles. The number of hydrogen-bond acceptors (Lipinski definition) is 7. The SMILES string of the molecule is Cc1noc(-c2cccnc2N2CCOC(c3ccco3)C2)n1. The molecule has 1 aliphatic rings. The molecule has 4 rings (SSSR count). The summed E-state index contributed by atoms with van der Waals surface area (Å²) in [5, 5.41) is 3.86. The highest BCUT2D eigenvalue weighted by Gasteiger charge is 2.27. The van der Waals surface area contributed by atoms with Crippen molar-refractivity contribution in [2.45, 2.75) is 13.0 Å². The molecule has 7 heteroatoms. The number of aryl methyl sites for hydroxylation is 1. The Kier molecular flexibility index (Phi) is 3.55. The van der Waals surface area contributed by atoms with Crippen LogP contribution >= 0.6 is 0 Å². The molecule has 0 saturated carbocycles. The highest BCUT2D eigenvalue weighted by Crippen LogP contribution is 2.31. The van der Waals surface area contributed by atoms with Crippen LogP contribution in [-0.2, 0) is 4.74 Å². The number of nitrogens with zero attached hydrogens (tertiary/aromatic N) is 4. The van der Waals surface area contributed by atoms with Gasteiger partial charge in [0.25, 0.3) is 5.89 Å². The highest BCUT2D eigenvalue weighted by molar-refractivity contribution is 5.69. The van der Waals surface area contributed by atoms with Crippen LogP contribution in [0, 0.1) is 6.92 Å². The summed E-state index contributed by atoms with van der Waals surface area (Å²) in [6.45, 7) is 3.80. The van der Waals surface area contributed by atoms with Gasteiger partial charge in [0.2, 0.25) is 0 Å². The van der Waals surface area contributed by atoms with E-state index in [-0.39, 0.29) is 6.10 Å². The van der Waals surface area contributed by atoms with Gasteiger partial charge in [0.1, 0.15) is 17.7 Å². The standard InChI is InChI=1S/C16H16N4O3/c1-11-18-16(23-19-11)12-4-2-6-17-15(12)20-7-9-22-14(10-20)13-5-3-8-21-13/h2-6,8,14H,7,9-10H2,1H3. The lowest BCUT2D eigenvalue weighted by Crippen LogP contribution is -2.39. The van der Waals surface area contributed by atoms with Gasteiger partial charge in [-0.2, -0.15) is 4.98 Å². The molecule has 0 radical (unpaired) electrons. The Morgan fingerprint density at radius 3 is 3.00 bits per heavy atom. The van der Waals surface area contributed by atoms with Gasteiger partial charge < -0.3 is 18.6 Å². The van der Waals surface area contributed by atoms with E-state index in [2.05, 4.69) is 20.0 Å². The minimum Gasteiger partial charge on any atom is -0.467 e. The van der Waals surface area contributed by atoms with Crippen LogP contribution in [0.25, 0.3) is 11.5 Å². The Morgan fingerprint density at radius 1 is 1.26 bits per heavy atom. The molecule has 0 spiro atoms. The average Bonchev–Trinajstić information content (AvgIpc) is 3.27. The maximum absolute atomic E-state index is 5.81. The van der Waals surface area contributed by atoms with Crippen molar-refractivity contribution < 1.29 is 13.7 Å². The molecule has 4 heterocycles. The minimum absolute atomic E-state index is 0.113. The zero-order valence-corrected chi connectivity index (χ0v) is 12.7. The second-order valence-electron chi connectivity index (χ2n) is 5.34. The lowest BCUT2D eigenvalue weighted by Gasteiger charge is -2.33. The van der Waals surface area contributed by atoms with Gasteiger partial charge >= 0.3 is 0 Å². The topological polar surface area (TPSA) is 77.4 Å². The van der Waals surface area contributed by atoms with Gasteiger partial charge in [0.05, 0.1) is 25.0 Å². The first kappa shape index (κ1) is 14.0. The predicted molar refractivity (Wildman–Crippen MR) is 81.9 cm³/mol. The van der Waals surface area contributed by atoms with Gasteiger partial charge in [-0.05, 0) is 31.2 Å². The van der Waals surface area contributed by atoms with E-state index in [0.717, 1.165) is 23.7 Å². The molecule has 0 amide bonds. The van der Waals surface area contributed by atoms with Gasteiger partial charge in [-0.25, -0.2) is 4.98 Å². The van der Waals surface area contributed by atoms with Gasteiger partial charge in [-0.1, -0.05) is 5.16 Å². The zero-order chi connectivity index (χ0) is 15.6. The largest absolute Gasteiger partial charge is 0.467 e. The maximum atomic E-state index is 5.81. The Morgan fingerprint density at radius 2 is 2.22 bits per heavy atom. The molecule has 0 aromatic carbocycles. The number of pyridine rings is 1. The number of anilines is 1. The molecule has 3 aromatic rings. The molecule has 0 aliphatic carbocycles. The smallest absolute Gasteiger partial charge is 0.261 e. The van der Waals surface area contributed by atoms with E-state index in [9.17, 15) is 0 Å². The number of ether oxygens (including phenoxy) is 1. The number of hydrogen-bond donors (Lipinski definition) is 0. The molecular weight excluding hydrogens is 296 g/mol. The van der Waals surface area contributed by atoms with E-state index < -0.39 is 0 Å². The third-order valence-corrected chi connectivity index (χ3v) is 3.77. The van der Waals surface area contributed by atoms with Crippen molar-refractivity contribution in [1.82, 2.24) is 15.1 Å². The van der Waals surface area contributed by atoms with E-state index >= 15 is 0 Å². The monoisotopic (exact) mass is 312 g/mol. The van der Waals surface area contributed by atoms with Crippen molar-refractivity contribution in [3.05, 3.63) is 48.3 Å². The fraction of sp³-hybridized carbons (Fsp3) is 0.312. The first-order valence-corrected chi connectivity index (χ1v) is 7.47. The normalized spacial score (nSPS) is 18.3.